The second-order valence-corrected chi connectivity index (χ2v) is 8.65. The van der Waals surface area contributed by atoms with Gasteiger partial charge in [0, 0.05) is 17.5 Å². The van der Waals surface area contributed by atoms with Crippen LogP contribution in [0.4, 0.5) is 0 Å². The van der Waals surface area contributed by atoms with Gasteiger partial charge >= 0.3 is 0 Å². The highest BCUT2D eigenvalue weighted by molar-refractivity contribution is 5.89. The van der Waals surface area contributed by atoms with Gasteiger partial charge in [0.25, 0.3) is 0 Å². The summed E-state index contributed by atoms with van der Waals surface area (Å²) >= 11 is 0. The Morgan fingerprint density at radius 1 is 0.800 bits per heavy atom. The lowest BCUT2D eigenvalue weighted by molar-refractivity contribution is 0.210. The fraction of sp³-hybridized carbons (Fsp3) is 0.417. The molecule has 1 aliphatic carbocycles. The maximum absolute atomic E-state index is 2.63. The van der Waals surface area contributed by atoms with Gasteiger partial charge in [-0.1, -0.05) is 68.0 Å². The molecule has 1 nitrogen and oxygen atoms in total. The number of rotatable bonds is 0. The van der Waals surface area contributed by atoms with E-state index in [0.717, 1.165) is 12.1 Å². The van der Waals surface area contributed by atoms with Crippen LogP contribution in [0.25, 0.3) is 5.57 Å². The zero-order valence-corrected chi connectivity index (χ0v) is 15.5. The Labute approximate surface area is 151 Å². The van der Waals surface area contributed by atoms with Gasteiger partial charge in [0.1, 0.15) is 0 Å². The van der Waals surface area contributed by atoms with Crippen LogP contribution in [0.3, 0.4) is 0 Å². The van der Waals surface area contributed by atoms with E-state index < -0.39 is 0 Å². The first-order chi connectivity index (χ1) is 12.1. The van der Waals surface area contributed by atoms with E-state index in [0.29, 0.717) is 0 Å². The Kier molecular flexibility index (Phi) is 3.27. The normalized spacial score (nSPS) is 27.2. The highest BCUT2D eigenvalue weighted by Gasteiger charge is 2.40. The summed E-state index contributed by atoms with van der Waals surface area (Å²) < 4.78 is 0. The largest absolute Gasteiger partial charge is 0.300 e. The lowest BCUT2D eigenvalue weighted by Crippen LogP contribution is -2.37. The molecule has 0 radical (unpaired) electrons. The molecule has 0 spiro atoms. The number of piperidine rings is 1. The Bertz CT molecular complexity index is 806. The van der Waals surface area contributed by atoms with Crippen LogP contribution < -0.4 is 0 Å². The summed E-state index contributed by atoms with van der Waals surface area (Å²) in [6, 6.07) is 19.7. The fourth-order valence-electron chi connectivity index (χ4n) is 5.60. The number of nitrogens with zero attached hydrogens (tertiary/aromatic N) is 1. The van der Waals surface area contributed by atoms with Crippen LogP contribution in [0.15, 0.2) is 54.1 Å². The van der Waals surface area contributed by atoms with E-state index in [-0.39, 0.29) is 5.41 Å². The molecule has 2 unspecified atom stereocenters. The van der Waals surface area contributed by atoms with Crippen molar-refractivity contribution in [2.45, 2.75) is 57.0 Å². The molecule has 0 saturated carbocycles. The lowest BCUT2D eigenvalue weighted by atomic mass is 9.66. The van der Waals surface area contributed by atoms with Gasteiger partial charge in [0.05, 0.1) is 0 Å². The Morgan fingerprint density at radius 3 is 1.80 bits per heavy atom. The van der Waals surface area contributed by atoms with Crippen LogP contribution in [-0.2, 0) is 5.41 Å². The first-order valence-corrected chi connectivity index (χ1v) is 9.71. The molecule has 2 heterocycles. The Hall–Kier alpha value is -1.86. The van der Waals surface area contributed by atoms with Crippen LogP contribution in [0.5, 0.6) is 0 Å². The van der Waals surface area contributed by atoms with E-state index in [1.807, 2.05) is 0 Å². The van der Waals surface area contributed by atoms with Crippen molar-refractivity contribution < 1.29 is 0 Å². The predicted molar refractivity (Wildman–Crippen MR) is 105 cm³/mol. The molecule has 2 atom stereocenters. The van der Waals surface area contributed by atoms with Crippen LogP contribution in [-0.4, -0.2) is 24.0 Å². The summed E-state index contributed by atoms with van der Waals surface area (Å²) in [7, 11) is 2.33. The summed E-state index contributed by atoms with van der Waals surface area (Å²) in [6.07, 6.45) is 5.22. The summed E-state index contributed by atoms with van der Waals surface area (Å²) in [6.45, 7) is 4.76. The summed E-state index contributed by atoms with van der Waals surface area (Å²) in [5, 5.41) is 0. The molecule has 2 fully saturated rings. The van der Waals surface area contributed by atoms with Crippen molar-refractivity contribution in [3.8, 4) is 0 Å². The average molecular weight is 329 g/mol. The van der Waals surface area contributed by atoms with E-state index in [1.165, 1.54) is 47.9 Å². The van der Waals surface area contributed by atoms with Gasteiger partial charge in [-0.2, -0.15) is 0 Å². The zero-order valence-electron chi connectivity index (χ0n) is 15.5. The van der Waals surface area contributed by atoms with Gasteiger partial charge in [-0.3, -0.25) is 4.90 Å². The van der Waals surface area contributed by atoms with Gasteiger partial charge < -0.3 is 0 Å². The van der Waals surface area contributed by atoms with Crippen molar-refractivity contribution >= 4 is 5.57 Å². The topological polar surface area (TPSA) is 3.24 Å². The molecule has 2 bridgehead atoms. The highest BCUT2D eigenvalue weighted by atomic mass is 15.2. The first kappa shape index (κ1) is 15.4. The lowest BCUT2D eigenvalue weighted by Gasteiger charge is -2.40. The maximum atomic E-state index is 2.63. The monoisotopic (exact) mass is 329 g/mol. The quantitative estimate of drug-likeness (QED) is 0.627. The van der Waals surface area contributed by atoms with Crippen molar-refractivity contribution in [2.24, 2.45) is 0 Å². The van der Waals surface area contributed by atoms with Gasteiger partial charge in [-0.05, 0) is 60.6 Å². The molecule has 2 aliphatic heterocycles. The van der Waals surface area contributed by atoms with Crippen molar-refractivity contribution in [1.29, 1.82) is 0 Å². The van der Waals surface area contributed by atoms with Gasteiger partial charge in [-0.15, -0.1) is 0 Å². The van der Waals surface area contributed by atoms with E-state index in [2.05, 4.69) is 74.3 Å². The third-order valence-corrected chi connectivity index (χ3v) is 7.04. The molecule has 0 N–H and O–H groups in total. The number of benzene rings is 2. The number of hydrogen-bond acceptors (Lipinski definition) is 1. The third-order valence-electron chi connectivity index (χ3n) is 7.04. The van der Waals surface area contributed by atoms with Gasteiger partial charge in [-0.25, -0.2) is 0 Å². The van der Waals surface area contributed by atoms with Gasteiger partial charge in [0.15, 0.2) is 0 Å². The Balaban J connectivity index is 1.78. The maximum Gasteiger partial charge on any atom is 0.0158 e. The Morgan fingerprint density at radius 2 is 1.28 bits per heavy atom. The van der Waals surface area contributed by atoms with E-state index >= 15 is 0 Å². The van der Waals surface area contributed by atoms with Crippen LogP contribution >= 0.6 is 0 Å². The smallest absolute Gasteiger partial charge is 0.0158 e. The molecular weight excluding hydrogens is 302 g/mol. The summed E-state index contributed by atoms with van der Waals surface area (Å²) in [4.78, 5) is 2.63. The standard InChI is InChI=1S/C24H27N/c1-24(2)21-10-6-4-8-19(21)23(20-9-5-7-11-22(20)24)16-14-17-12-13-18(15-16)25(17)3/h4-11,17-18H,12-15H2,1-3H3. The van der Waals surface area contributed by atoms with Crippen molar-refractivity contribution in [2.75, 3.05) is 7.05 Å². The molecule has 2 saturated heterocycles. The van der Waals surface area contributed by atoms with Crippen molar-refractivity contribution in [1.82, 2.24) is 4.90 Å². The fourth-order valence-corrected chi connectivity index (χ4v) is 5.60. The molecule has 128 valence electrons. The molecule has 1 heteroatoms. The van der Waals surface area contributed by atoms with Crippen LogP contribution in [0.1, 0.15) is 61.8 Å². The first-order valence-electron chi connectivity index (χ1n) is 9.71. The van der Waals surface area contributed by atoms with Gasteiger partial charge in [0.2, 0.25) is 0 Å². The molecule has 0 aromatic heterocycles. The van der Waals surface area contributed by atoms with Crippen LogP contribution in [0.2, 0.25) is 0 Å². The highest BCUT2D eigenvalue weighted by Crippen LogP contribution is 2.50. The summed E-state index contributed by atoms with van der Waals surface area (Å²) in [5.74, 6) is 0. The molecule has 5 rings (SSSR count). The van der Waals surface area contributed by atoms with Crippen molar-refractivity contribution in [3.63, 3.8) is 0 Å². The molecule has 25 heavy (non-hydrogen) atoms. The minimum absolute atomic E-state index is 0.0711. The minimum Gasteiger partial charge on any atom is -0.300 e. The molecule has 3 aliphatic rings. The number of hydrogen-bond donors (Lipinski definition) is 0. The molecule has 2 aromatic carbocycles. The van der Waals surface area contributed by atoms with E-state index in [9.17, 15) is 0 Å². The second kappa shape index (κ2) is 5.32. The van der Waals surface area contributed by atoms with E-state index in [4.69, 9.17) is 0 Å². The third kappa shape index (κ3) is 2.12. The van der Waals surface area contributed by atoms with Crippen LogP contribution in [0, 0.1) is 0 Å². The minimum atomic E-state index is 0.0711. The van der Waals surface area contributed by atoms with Crippen molar-refractivity contribution in [3.05, 3.63) is 76.4 Å². The SMILES string of the molecule is CN1C2CCC1CC(=C1c3ccccc3C(C)(C)c3ccccc31)C2. The zero-order chi connectivity index (χ0) is 17.2. The second-order valence-electron chi connectivity index (χ2n) is 8.65. The molecule has 2 aromatic rings. The molecule has 0 amide bonds. The number of fused-ring (bicyclic) bond motifs is 4. The van der Waals surface area contributed by atoms with E-state index in [1.54, 1.807) is 11.1 Å². The molecular formula is C24H27N. The predicted octanol–water partition coefficient (Wildman–Crippen LogP) is 5.38. The average Bonchev–Trinajstić information content (AvgIpc) is 2.83. The summed E-state index contributed by atoms with van der Waals surface area (Å²) in [5.41, 5.74) is 9.25.